The van der Waals surface area contributed by atoms with Crippen molar-refractivity contribution in [3.8, 4) is 0 Å². The number of hydrogen-bond acceptors (Lipinski definition) is 4. The lowest BCUT2D eigenvalue weighted by Crippen LogP contribution is -2.42. The molecule has 0 aliphatic carbocycles. The molecule has 1 aliphatic rings. The van der Waals surface area contributed by atoms with E-state index < -0.39 is 0 Å². The molecule has 2 aromatic rings. The maximum atomic E-state index is 6.25. The number of nitrogens with one attached hydrogen (secondary N) is 2. The standard InChI is InChI=1S/C20H28ClN5S/c1-3-22-20(25-14-19-23-12-15(2)27-19)24-13-18(26-9-4-5-10-26)16-7-6-8-17(21)11-16/h6-8,11-12,18H,3-5,9-10,13-14H2,1-2H3,(H2,22,24,25). The minimum Gasteiger partial charge on any atom is -0.357 e. The molecule has 5 nitrogen and oxygen atoms in total. The zero-order valence-electron chi connectivity index (χ0n) is 16.0. The molecule has 1 unspecified atom stereocenters. The van der Waals surface area contributed by atoms with Gasteiger partial charge in [0.2, 0.25) is 0 Å². The van der Waals surface area contributed by atoms with Gasteiger partial charge in [-0.15, -0.1) is 11.3 Å². The molecule has 2 N–H and O–H groups in total. The monoisotopic (exact) mass is 405 g/mol. The normalized spacial score (nSPS) is 16.5. The second kappa shape index (κ2) is 10.1. The van der Waals surface area contributed by atoms with Gasteiger partial charge in [-0.05, 0) is 57.5 Å². The maximum Gasteiger partial charge on any atom is 0.191 e. The molecule has 3 rings (SSSR count). The molecular weight excluding hydrogens is 378 g/mol. The van der Waals surface area contributed by atoms with Gasteiger partial charge in [0.05, 0.1) is 12.6 Å². The van der Waals surface area contributed by atoms with Gasteiger partial charge in [-0.1, -0.05) is 23.7 Å². The van der Waals surface area contributed by atoms with Gasteiger partial charge >= 0.3 is 0 Å². The van der Waals surface area contributed by atoms with E-state index in [-0.39, 0.29) is 6.04 Å². The molecule has 1 aliphatic heterocycles. The minimum absolute atomic E-state index is 0.289. The smallest absolute Gasteiger partial charge is 0.191 e. The fraction of sp³-hybridized carbons (Fsp3) is 0.500. The van der Waals surface area contributed by atoms with Gasteiger partial charge in [-0.3, -0.25) is 4.90 Å². The second-order valence-electron chi connectivity index (χ2n) is 6.75. The number of hydrogen-bond donors (Lipinski definition) is 2. The molecule has 0 saturated carbocycles. The van der Waals surface area contributed by atoms with Gasteiger partial charge in [-0.25, -0.2) is 9.98 Å². The summed E-state index contributed by atoms with van der Waals surface area (Å²) in [4.78, 5) is 12.9. The van der Waals surface area contributed by atoms with E-state index in [9.17, 15) is 0 Å². The van der Waals surface area contributed by atoms with Crippen molar-refractivity contribution < 1.29 is 0 Å². The van der Waals surface area contributed by atoms with Gasteiger partial charge in [0.25, 0.3) is 0 Å². The molecule has 1 fully saturated rings. The van der Waals surface area contributed by atoms with Crippen molar-refractivity contribution in [3.05, 3.63) is 50.9 Å². The van der Waals surface area contributed by atoms with Crippen LogP contribution in [0, 0.1) is 6.92 Å². The highest BCUT2D eigenvalue weighted by Gasteiger charge is 2.23. The summed E-state index contributed by atoms with van der Waals surface area (Å²) in [7, 11) is 0. The Balaban J connectivity index is 1.69. The summed E-state index contributed by atoms with van der Waals surface area (Å²) in [5.74, 6) is 0.830. The van der Waals surface area contributed by atoms with Crippen LogP contribution in [0.4, 0.5) is 0 Å². The molecule has 0 spiro atoms. The van der Waals surface area contributed by atoms with Crippen molar-refractivity contribution in [3.63, 3.8) is 0 Å². The molecule has 0 amide bonds. The van der Waals surface area contributed by atoms with Gasteiger partial charge in [0, 0.05) is 29.2 Å². The van der Waals surface area contributed by atoms with E-state index >= 15 is 0 Å². The number of aryl methyl sites for hydroxylation is 1. The third-order valence-corrected chi connectivity index (χ3v) is 5.80. The average Bonchev–Trinajstić information content (AvgIpc) is 3.32. The van der Waals surface area contributed by atoms with Crippen LogP contribution in [-0.4, -0.2) is 42.0 Å². The second-order valence-corrected chi connectivity index (χ2v) is 8.51. The summed E-state index contributed by atoms with van der Waals surface area (Å²) in [6, 6.07) is 8.50. The first-order valence-electron chi connectivity index (χ1n) is 9.58. The van der Waals surface area contributed by atoms with Crippen molar-refractivity contribution in [1.82, 2.24) is 20.5 Å². The van der Waals surface area contributed by atoms with E-state index in [1.165, 1.54) is 23.3 Å². The van der Waals surface area contributed by atoms with Crippen LogP contribution in [0.15, 0.2) is 35.5 Å². The Bertz CT molecular complexity index is 754. The Hall–Kier alpha value is -1.63. The van der Waals surface area contributed by atoms with Crippen LogP contribution in [0.25, 0.3) is 0 Å². The van der Waals surface area contributed by atoms with Crippen molar-refractivity contribution in [2.45, 2.75) is 39.3 Å². The number of rotatable bonds is 7. The SMILES string of the molecule is CCNC(=NCc1ncc(C)s1)NCC(c1cccc(Cl)c1)N1CCCC1. The zero-order chi connectivity index (χ0) is 19.1. The number of likely N-dealkylation sites (tertiary alicyclic amines) is 1. The van der Waals surface area contributed by atoms with Crippen LogP contribution >= 0.6 is 22.9 Å². The fourth-order valence-electron chi connectivity index (χ4n) is 3.38. The van der Waals surface area contributed by atoms with E-state index in [0.29, 0.717) is 6.54 Å². The fourth-order valence-corrected chi connectivity index (χ4v) is 4.29. The Morgan fingerprint density at radius 1 is 1.33 bits per heavy atom. The quantitative estimate of drug-likeness (QED) is 0.540. The summed E-state index contributed by atoms with van der Waals surface area (Å²) in [6.45, 7) is 8.63. The van der Waals surface area contributed by atoms with Gasteiger partial charge in [0.15, 0.2) is 5.96 Å². The van der Waals surface area contributed by atoms with E-state index in [1.807, 2.05) is 18.3 Å². The predicted molar refractivity (Wildman–Crippen MR) is 115 cm³/mol. The highest BCUT2D eigenvalue weighted by molar-refractivity contribution is 7.11. The first kappa shape index (κ1) is 20.1. The molecule has 146 valence electrons. The average molecular weight is 406 g/mol. The third kappa shape index (κ3) is 5.92. The molecule has 0 radical (unpaired) electrons. The Labute approximate surface area is 170 Å². The maximum absolute atomic E-state index is 6.25. The minimum atomic E-state index is 0.289. The lowest BCUT2D eigenvalue weighted by atomic mass is 10.1. The topological polar surface area (TPSA) is 52.6 Å². The predicted octanol–water partition coefficient (Wildman–Crippen LogP) is 4.00. The molecule has 0 bridgehead atoms. The molecule has 1 aromatic heterocycles. The lowest BCUT2D eigenvalue weighted by Gasteiger charge is -2.29. The molecule has 1 aromatic carbocycles. The van der Waals surface area contributed by atoms with E-state index in [2.05, 4.69) is 46.5 Å². The number of aliphatic imine (C=N–C) groups is 1. The molecule has 7 heteroatoms. The summed E-state index contributed by atoms with van der Waals surface area (Å²) in [5, 5.41) is 8.69. The number of nitrogens with zero attached hydrogens (tertiary/aromatic N) is 3. The first-order valence-corrected chi connectivity index (χ1v) is 10.8. The van der Waals surface area contributed by atoms with Crippen molar-refractivity contribution in [2.24, 2.45) is 4.99 Å². The van der Waals surface area contributed by atoms with Crippen molar-refractivity contribution in [1.29, 1.82) is 0 Å². The molecular formula is C20H28ClN5S. The molecule has 27 heavy (non-hydrogen) atoms. The third-order valence-electron chi connectivity index (χ3n) is 4.66. The summed E-state index contributed by atoms with van der Waals surface area (Å²) in [6.07, 6.45) is 4.42. The molecule has 1 saturated heterocycles. The first-order chi connectivity index (χ1) is 13.2. The summed E-state index contributed by atoms with van der Waals surface area (Å²) >= 11 is 7.94. The van der Waals surface area contributed by atoms with Crippen LogP contribution < -0.4 is 10.6 Å². The van der Waals surface area contributed by atoms with Gasteiger partial charge in [-0.2, -0.15) is 0 Å². The van der Waals surface area contributed by atoms with E-state index in [0.717, 1.165) is 42.2 Å². The van der Waals surface area contributed by atoms with E-state index in [1.54, 1.807) is 11.3 Å². The number of halogens is 1. The lowest BCUT2D eigenvalue weighted by molar-refractivity contribution is 0.245. The Morgan fingerprint density at radius 2 is 2.15 bits per heavy atom. The Morgan fingerprint density at radius 3 is 2.81 bits per heavy atom. The number of aromatic nitrogens is 1. The number of thiazole rings is 1. The molecule has 2 heterocycles. The molecule has 1 atom stereocenters. The van der Waals surface area contributed by atoms with Crippen LogP contribution in [0.3, 0.4) is 0 Å². The summed E-state index contributed by atoms with van der Waals surface area (Å²) in [5.41, 5.74) is 1.25. The van der Waals surface area contributed by atoms with Crippen LogP contribution in [0.1, 0.15) is 41.3 Å². The van der Waals surface area contributed by atoms with E-state index in [4.69, 9.17) is 16.6 Å². The summed E-state index contributed by atoms with van der Waals surface area (Å²) < 4.78 is 0. The zero-order valence-corrected chi connectivity index (χ0v) is 17.6. The Kier molecular flexibility index (Phi) is 7.50. The van der Waals surface area contributed by atoms with Crippen LogP contribution in [0.5, 0.6) is 0 Å². The number of benzene rings is 1. The highest BCUT2D eigenvalue weighted by atomic mass is 35.5. The van der Waals surface area contributed by atoms with Crippen molar-refractivity contribution >= 4 is 28.9 Å². The largest absolute Gasteiger partial charge is 0.357 e. The van der Waals surface area contributed by atoms with Crippen molar-refractivity contribution in [2.75, 3.05) is 26.2 Å². The van der Waals surface area contributed by atoms with Crippen LogP contribution in [0.2, 0.25) is 5.02 Å². The van der Waals surface area contributed by atoms with Gasteiger partial charge in [0.1, 0.15) is 5.01 Å². The van der Waals surface area contributed by atoms with Gasteiger partial charge < -0.3 is 10.6 Å². The highest BCUT2D eigenvalue weighted by Crippen LogP contribution is 2.26. The van der Waals surface area contributed by atoms with Crippen LogP contribution in [-0.2, 0) is 6.54 Å². The number of guanidine groups is 1.